The summed E-state index contributed by atoms with van der Waals surface area (Å²) < 4.78 is 42.8. The fourth-order valence-corrected chi connectivity index (χ4v) is 1.62. The summed E-state index contributed by atoms with van der Waals surface area (Å²) in [6, 6.07) is 1.38. The van der Waals surface area contributed by atoms with Crippen LogP contribution in [0, 0.1) is 5.82 Å². The molecular weight excluding hydrogens is 235 g/mol. The third-order valence-corrected chi connectivity index (χ3v) is 2.52. The van der Waals surface area contributed by atoms with Crippen LogP contribution in [0.25, 0.3) is 0 Å². The number of nitrogens with one attached hydrogen (secondary N) is 1. The Kier molecular flexibility index (Phi) is 2.71. The summed E-state index contributed by atoms with van der Waals surface area (Å²) in [5.41, 5.74) is 0. The molecular formula is C9H11FN2O3S. The summed E-state index contributed by atoms with van der Waals surface area (Å²) in [5, 5.41) is 0. The number of sulfonamides is 1. The van der Waals surface area contributed by atoms with Gasteiger partial charge < -0.3 is 4.74 Å². The standard InChI is InChI=1S/C9H11FN2O3S/c1-16(13,14)12-9-8(10)7(4-5-11-9)15-6-2-3-6/h4-6H,2-3H2,1H3,(H,11,12). The van der Waals surface area contributed by atoms with Gasteiger partial charge in [0.15, 0.2) is 11.6 Å². The molecule has 16 heavy (non-hydrogen) atoms. The van der Waals surface area contributed by atoms with Crippen LogP contribution in [0.2, 0.25) is 0 Å². The van der Waals surface area contributed by atoms with Crippen molar-refractivity contribution in [3.63, 3.8) is 0 Å². The van der Waals surface area contributed by atoms with E-state index in [4.69, 9.17) is 4.74 Å². The number of hydrogen-bond acceptors (Lipinski definition) is 4. The highest BCUT2D eigenvalue weighted by molar-refractivity contribution is 7.92. The number of halogens is 1. The fraction of sp³-hybridized carbons (Fsp3) is 0.444. The van der Waals surface area contributed by atoms with Crippen LogP contribution in [0.4, 0.5) is 10.2 Å². The van der Waals surface area contributed by atoms with E-state index in [9.17, 15) is 12.8 Å². The average molecular weight is 246 g/mol. The van der Waals surface area contributed by atoms with E-state index in [0.29, 0.717) is 0 Å². The van der Waals surface area contributed by atoms with Crippen LogP contribution in [-0.4, -0.2) is 25.8 Å². The Morgan fingerprint density at radius 3 is 2.81 bits per heavy atom. The molecule has 0 saturated heterocycles. The van der Waals surface area contributed by atoms with Crippen molar-refractivity contribution in [1.29, 1.82) is 0 Å². The molecule has 0 unspecified atom stereocenters. The summed E-state index contributed by atoms with van der Waals surface area (Å²) in [7, 11) is -3.54. The summed E-state index contributed by atoms with van der Waals surface area (Å²) in [6.07, 6.45) is 4.08. The SMILES string of the molecule is CS(=O)(=O)Nc1nccc(OC2CC2)c1F. The molecule has 1 fully saturated rings. The van der Waals surface area contributed by atoms with Gasteiger partial charge >= 0.3 is 0 Å². The second-order valence-electron chi connectivity index (χ2n) is 3.66. The average Bonchev–Trinajstić information content (AvgIpc) is 2.93. The van der Waals surface area contributed by atoms with E-state index < -0.39 is 15.8 Å². The van der Waals surface area contributed by atoms with Gasteiger partial charge in [-0.3, -0.25) is 4.72 Å². The minimum Gasteiger partial charge on any atom is -0.487 e. The lowest BCUT2D eigenvalue weighted by atomic mass is 10.4. The number of aromatic nitrogens is 1. The lowest BCUT2D eigenvalue weighted by molar-refractivity contribution is 0.287. The van der Waals surface area contributed by atoms with Gasteiger partial charge in [-0.1, -0.05) is 0 Å². The van der Waals surface area contributed by atoms with E-state index in [1.54, 1.807) is 0 Å². The third kappa shape index (κ3) is 2.82. The molecule has 0 atom stereocenters. The molecule has 0 radical (unpaired) electrons. The van der Waals surface area contributed by atoms with Gasteiger partial charge in [0.2, 0.25) is 15.8 Å². The highest BCUT2D eigenvalue weighted by Gasteiger charge is 2.25. The predicted octanol–water partition coefficient (Wildman–Crippen LogP) is 1.13. The molecule has 0 aliphatic heterocycles. The maximum absolute atomic E-state index is 13.7. The van der Waals surface area contributed by atoms with Gasteiger partial charge in [0.1, 0.15) is 0 Å². The number of hydrogen-bond donors (Lipinski definition) is 1. The van der Waals surface area contributed by atoms with Crippen molar-refractivity contribution < 1.29 is 17.5 Å². The quantitative estimate of drug-likeness (QED) is 0.864. The summed E-state index contributed by atoms with van der Waals surface area (Å²) in [6.45, 7) is 0. The van der Waals surface area contributed by atoms with Gasteiger partial charge in [0.05, 0.1) is 12.4 Å². The molecule has 0 amide bonds. The molecule has 1 aliphatic carbocycles. The molecule has 1 aromatic rings. The highest BCUT2D eigenvalue weighted by atomic mass is 32.2. The van der Waals surface area contributed by atoms with Crippen molar-refractivity contribution in [2.75, 3.05) is 11.0 Å². The highest BCUT2D eigenvalue weighted by Crippen LogP contribution is 2.30. The molecule has 1 heterocycles. The maximum atomic E-state index is 13.7. The Hall–Kier alpha value is -1.37. The van der Waals surface area contributed by atoms with Gasteiger partial charge in [0, 0.05) is 12.3 Å². The third-order valence-electron chi connectivity index (χ3n) is 1.95. The zero-order valence-corrected chi connectivity index (χ0v) is 9.42. The zero-order valence-electron chi connectivity index (χ0n) is 8.60. The van der Waals surface area contributed by atoms with Gasteiger partial charge in [-0.25, -0.2) is 13.4 Å². The molecule has 0 bridgehead atoms. The summed E-state index contributed by atoms with van der Waals surface area (Å²) in [5.74, 6) is -1.08. The Bertz CT molecular complexity index is 499. The summed E-state index contributed by atoms with van der Waals surface area (Å²) in [4.78, 5) is 3.61. The van der Waals surface area contributed by atoms with Crippen LogP contribution in [0.1, 0.15) is 12.8 Å². The van der Waals surface area contributed by atoms with Gasteiger partial charge in [-0.05, 0) is 12.8 Å². The Morgan fingerprint density at radius 2 is 2.25 bits per heavy atom. The smallest absolute Gasteiger partial charge is 0.231 e. The molecule has 1 aliphatic rings. The summed E-state index contributed by atoms with van der Waals surface area (Å²) >= 11 is 0. The zero-order chi connectivity index (χ0) is 11.8. The number of nitrogens with zero attached hydrogens (tertiary/aromatic N) is 1. The molecule has 2 rings (SSSR count). The lowest BCUT2D eigenvalue weighted by Crippen LogP contribution is -2.13. The van der Waals surface area contributed by atoms with Crippen molar-refractivity contribution in [3.05, 3.63) is 18.1 Å². The second kappa shape index (κ2) is 3.89. The van der Waals surface area contributed by atoms with E-state index in [1.165, 1.54) is 12.3 Å². The first kappa shape index (κ1) is 11.1. The van der Waals surface area contributed by atoms with Gasteiger partial charge in [-0.2, -0.15) is 4.39 Å². The van der Waals surface area contributed by atoms with E-state index in [1.807, 2.05) is 4.72 Å². The first-order valence-corrected chi connectivity index (χ1v) is 6.64. The van der Waals surface area contributed by atoms with Crippen LogP contribution in [-0.2, 0) is 10.0 Å². The van der Waals surface area contributed by atoms with Crippen molar-refractivity contribution >= 4 is 15.8 Å². The minimum atomic E-state index is -3.54. The molecule has 1 aromatic heterocycles. The monoisotopic (exact) mass is 246 g/mol. The van der Waals surface area contributed by atoms with Crippen molar-refractivity contribution in [2.24, 2.45) is 0 Å². The van der Waals surface area contributed by atoms with Crippen LogP contribution >= 0.6 is 0 Å². The fourth-order valence-electron chi connectivity index (χ4n) is 1.13. The number of rotatable bonds is 4. The van der Waals surface area contributed by atoms with Crippen molar-refractivity contribution in [3.8, 4) is 5.75 Å². The topological polar surface area (TPSA) is 68.3 Å². The number of pyridine rings is 1. The molecule has 7 heteroatoms. The molecule has 0 spiro atoms. The van der Waals surface area contributed by atoms with E-state index >= 15 is 0 Å². The van der Waals surface area contributed by atoms with Crippen LogP contribution < -0.4 is 9.46 Å². The maximum Gasteiger partial charge on any atom is 0.231 e. The van der Waals surface area contributed by atoms with E-state index in [-0.39, 0.29) is 17.7 Å². The van der Waals surface area contributed by atoms with Crippen LogP contribution in [0.5, 0.6) is 5.75 Å². The minimum absolute atomic E-state index is 0.0312. The first-order valence-electron chi connectivity index (χ1n) is 4.74. The van der Waals surface area contributed by atoms with Crippen LogP contribution in [0.15, 0.2) is 12.3 Å². The van der Waals surface area contributed by atoms with Gasteiger partial charge in [0.25, 0.3) is 0 Å². The second-order valence-corrected chi connectivity index (χ2v) is 5.41. The first-order chi connectivity index (χ1) is 7.46. The van der Waals surface area contributed by atoms with E-state index in [2.05, 4.69) is 4.98 Å². The van der Waals surface area contributed by atoms with Gasteiger partial charge in [-0.15, -0.1) is 0 Å². The molecule has 1 saturated carbocycles. The molecule has 5 nitrogen and oxygen atoms in total. The largest absolute Gasteiger partial charge is 0.487 e. The van der Waals surface area contributed by atoms with Crippen molar-refractivity contribution in [2.45, 2.75) is 18.9 Å². The van der Waals surface area contributed by atoms with Crippen molar-refractivity contribution in [1.82, 2.24) is 4.98 Å². The Labute approximate surface area is 92.7 Å². The Balaban J connectivity index is 2.24. The lowest BCUT2D eigenvalue weighted by Gasteiger charge is -2.08. The normalized spacial score (nSPS) is 15.9. The van der Waals surface area contributed by atoms with Crippen LogP contribution in [0.3, 0.4) is 0 Å². The Morgan fingerprint density at radius 1 is 1.56 bits per heavy atom. The predicted molar refractivity (Wildman–Crippen MR) is 56.3 cm³/mol. The number of ether oxygens (including phenoxy) is 1. The molecule has 1 N–H and O–H groups in total. The molecule has 88 valence electrons. The number of anilines is 1. The molecule has 0 aromatic carbocycles. The van der Waals surface area contributed by atoms with E-state index in [0.717, 1.165) is 19.1 Å².